The predicted molar refractivity (Wildman–Crippen MR) is 65.2 cm³/mol. The Morgan fingerprint density at radius 2 is 1.82 bits per heavy atom. The summed E-state index contributed by atoms with van der Waals surface area (Å²) in [6.45, 7) is 3.85. The summed E-state index contributed by atoms with van der Waals surface area (Å²) in [7, 11) is 3.96. The van der Waals surface area contributed by atoms with Crippen LogP contribution in [0.3, 0.4) is 0 Å². The van der Waals surface area contributed by atoms with E-state index in [-0.39, 0.29) is 12.5 Å². The molecule has 0 saturated carbocycles. The second-order valence-electron chi connectivity index (χ2n) is 4.75. The molecule has 0 bridgehead atoms. The normalized spacial score (nSPS) is 14.3. The molecule has 1 atom stereocenters. The van der Waals surface area contributed by atoms with Crippen LogP contribution in [-0.4, -0.2) is 44.3 Å². The highest BCUT2D eigenvalue weighted by Crippen LogP contribution is 2.23. The van der Waals surface area contributed by atoms with Gasteiger partial charge in [0.1, 0.15) is 0 Å². The van der Waals surface area contributed by atoms with E-state index in [1.54, 1.807) is 0 Å². The maximum Gasteiger partial charge on any atom is 0.389 e. The first kappa shape index (κ1) is 16.7. The predicted octanol–water partition coefficient (Wildman–Crippen LogP) is 3.04. The Morgan fingerprint density at radius 1 is 1.18 bits per heavy atom. The zero-order valence-electron chi connectivity index (χ0n) is 11.1. The summed E-state index contributed by atoms with van der Waals surface area (Å²) in [6, 6.07) is 0.208. The van der Waals surface area contributed by atoms with Crippen molar-refractivity contribution in [3.05, 3.63) is 0 Å². The van der Waals surface area contributed by atoms with Crippen LogP contribution in [0.5, 0.6) is 0 Å². The second kappa shape index (κ2) is 8.75. The molecule has 0 aromatic heterocycles. The monoisotopic (exact) mass is 254 g/mol. The zero-order chi connectivity index (χ0) is 13.3. The zero-order valence-corrected chi connectivity index (χ0v) is 11.1. The smallest absolute Gasteiger partial charge is 0.314 e. The largest absolute Gasteiger partial charge is 0.389 e. The van der Waals surface area contributed by atoms with E-state index < -0.39 is 12.6 Å². The van der Waals surface area contributed by atoms with Crippen LogP contribution < -0.4 is 5.32 Å². The number of hydrogen-bond acceptors (Lipinski definition) is 2. The quantitative estimate of drug-likeness (QED) is 0.680. The molecule has 1 unspecified atom stereocenters. The van der Waals surface area contributed by atoms with Crippen molar-refractivity contribution in [3.8, 4) is 0 Å². The van der Waals surface area contributed by atoms with Crippen LogP contribution in [0.15, 0.2) is 0 Å². The molecule has 0 fully saturated rings. The molecule has 5 heteroatoms. The van der Waals surface area contributed by atoms with Gasteiger partial charge in [0.25, 0.3) is 0 Å². The number of nitrogens with one attached hydrogen (secondary N) is 1. The molecule has 0 aliphatic heterocycles. The van der Waals surface area contributed by atoms with Gasteiger partial charge in [-0.2, -0.15) is 13.2 Å². The summed E-state index contributed by atoms with van der Waals surface area (Å²) in [5, 5.41) is 3.32. The van der Waals surface area contributed by atoms with Crippen molar-refractivity contribution in [1.82, 2.24) is 10.2 Å². The number of hydrogen-bond donors (Lipinski definition) is 1. The summed E-state index contributed by atoms with van der Waals surface area (Å²) in [6.07, 6.45) is -1.94. The van der Waals surface area contributed by atoms with Gasteiger partial charge in [0, 0.05) is 12.5 Å². The van der Waals surface area contributed by atoms with Crippen LogP contribution in [0.25, 0.3) is 0 Å². The molecule has 0 aromatic carbocycles. The Hall–Kier alpha value is -0.290. The third kappa shape index (κ3) is 12.0. The van der Waals surface area contributed by atoms with Crippen molar-refractivity contribution in [2.24, 2.45) is 0 Å². The molecule has 0 aliphatic rings. The number of rotatable bonds is 9. The Labute approximate surface area is 103 Å². The van der Waals surface area contributed by atoms with Crippen LogP contribution in [0.2, 0.25) is 0 Å². The van der Waals surface area contributed by atoms with Gasteiger partial charge in [-0.05, 0) is 52.9 Å². The summed E-state index contributed by atoms with van der Waals surface area (Å²) in [5.74, 6) is 0. The lowest BCUT2D eigenvalue weighted by molar-refractivity contribution is -0.135. The fraction of sp³-hybridized carbons (Fsp3) is 1.00. The summed E-state index contributed by atoms with van der Waals surface area (Å²) in [5.41, 5.74) is 0. The highest BCUT2D eigenvalue weighted by atomic mass is 19.4. The molecule has 104 valence electrons. The minimum absolute atomic E-state index is 0.208. The fourth-order valence-corrected chi connectivity index (χ4v) is 1.66. The molecular formula is C12H25F3N2. The first-order valence-electron chi connectivity index (χ1n) is 6.30. The standard InChI is InChI=1S/C12H25F3N2/c1-4-9-16-11(7-10-17(2)3)6-5-8-12(13,14)15/h11,16H,4-10H2,1-3H3. The van der Waals surface area contributed by atoms with E-state index in [1.165, 1.54) is 0 Å². The fourth-order valence-electron chi connectivity index (χ4n) is 1.66. The lowest BCUT2D eigenvalue weighted by atomic mass is 10.1. The average Bonchev–Trinajstić information content (AvgIpc) is 2.19. The van der Waals surface area contributed by atoms with E-state index in [0.717, 1.165) is 25.9 Å². The number of alkyl halides is 3. The Bertz CT molecular complexity index is 181. The first-order valence-corrected chi connectivity index (χ1v) is 6.30. The van der Waals surface area contributed by atoms with Gasteiger partial charge in [0.15, 0.2) is 0 Å². The van der Waals surface area contributed by atoms with E-state index >= 15 is 0 Å². The van der Waals surface area contributed by atoms with Crippen LogP contribution in [0.1, 0.15) is 39.0 Å². The van der Waals surface area contributed by atoms with E-state index in [9.17, 15) is 13.2 Å². The second-order valence-corrected chi connectivity index (χ2v) is 4.75. The molecule has 0 saturated heterocycles. The van der Waals surface area contributed by atoms with Crippen molar-refractivity contribution < 1.29 is 13.2 Å². The topological polar surface area (TPSA) is 15.3 Å². The maximum atomic E-state index is 12.0. The SMILES string of the molecule is CCCNC(CCCC(F)(F)F)CCN(C)C. The minimum Gasteiger partial charge on any atom is -0.314 e. The average molecular weight is 254 g/mol. The van der Waals surface area contributed by atoms with E-state index in [2.05, 4.69) is 17.1 Å². The van der Waals surface area contributed by atoms with Gasteiger partial charge in [-0.3, -0.25) is 0 Å². The van der Waals surface area contributed by atoms with Gasteiger partial charge in [-0.25, -0.2) is 0 Å². The molecular weight excluding hydrogens is 229 g/mol. The summed E-state index contributed by atoms with van der Waals surface area (Å²) >= 11 is 0. The van der Waals surface area contributed by atoms with Gasteiger partial charge in [-0.1, -0.05) is 6.92 Å². The van der Waals surface area contributed by atoms with Crippen molar-refractivity contribution in [1.29, 1.82) is 0 Å². The van der Waals surface area contributed by atoms with Gasteiger partial charge >= 0.3 is 6.18 Å². The molecule has 0 rings (SSSR count). The van der Waals surface area contributed by atoms with E-state index in [4.69, 9.17) is 0 Å². The van der Waals surface area contributed by atoms with Crippen LogP contribution in [0.4, 0.5) is 13.2 Å². The molecule has 2 nitrogen and oxygen atoms in total. The van der Waals surface area contributed by atoms with E-state index in [0.29, 0.717) is 6.42 Å². The van der Waals surface area contributed by atoms with Crippen LogP contribution in [-0.2, 0) is 0 Å². The molecule has 0 heterocycles. The molecule has 0 aromatic rings. The van der Waals surface area contributed by atoms with E-state index in [1.807, 2.05) is 14.1 Å². The Morgan fingerprint density at radius 3 is 2.29 bits per heavy atom. The Kier molecular flexibility index (Phi) is 8.60. The molecule has 0 amide bonds. The van der Waals surface area contributed by atoms with Gasteiger partial charge in [-0.15, -0.1) is 0 Å². The van der Waals surface area contributed by atoms with Gasteiger partial charge < -0.3 is 10.2 Å². The van der Waals surface area contributed by atoms with Gasteiger partial charge in [0.05, 0.1) is 0 Å². The third-order valence-electron chi connectivity index (χ3n) is 2.62. The first-order chi connectivity index (χ1) is 7.85. The molecule has 0 spiro atoms. The molecule has 0 radical (unpaired) electrons. The number of halogens is 3. The summed E-state index contributed by atoms with van der Waals surface area (Å²) < 4.78 is 36.1. The maximum absolute atomic E-state index is 12.0. The lowest BCUT2D eigenvalue weighted by Crippen LogP contribution is -2.33. The summed E-state index contributed by atoms with van der Waals surface area (Å²) in [4.78, 5) is 2.06. The van der Waals surface area contributed by atoms with Gasteiger partial charge in [0.2, 0.25) is 0 Å². The van der Waals surface area contributed by atoms with Crippen molar-refractivity contribution >= 4 is 0 Å². The molecule has 1 N–H and O–H groups in total. The number of nitrogens with zero attached hydrogens (tertiary/aromatic N) is 1. The van der Waals surface area contributed by atoms with Crippen molar-refractivity contribution in [2.45, 2.75) is 51.2 Å². The van der Waals surface area contributed by atoms with Crippen LogP contribution >= 0.6 is 0 Å². The lowest BCUT2D eigenvalue weighted by Gasteiger charge is -2.20. The highest BCUT2D eigenvalue weighted by Gasteiger charge is 2.26. The third-order valence-corrected chi connectivity index (χ3v) is 2.62. The minimum atomic E-state index is -4.02. The van der Waals surface area contributed by atoms with Crippen LogP contribution in [0, 0.1) is 0 Å². The molecule has 17 heavy (non-hydrogen) atoms. The highest BCUT2D eigenvalue weighted by molar-refractivity contribution is 4.69. The van der Waals surface area contributed by atoms with Crippen molar-refractivity contribution in [2.75, 3.05) is 27.2 Å². The molecule has 0 aliphatic carbocycles. The van der Waals surface area contributed by atoms with Crippen molar-refractivity contribution in [3.63, 3.8) is 0 Å². The Balaban J connectivity index is 3.84.